The molecule has 0 spiro atoms. The first-order valence-corrected chi connectivity index (χ1v) is 8.18. The van der Waals surface area contributed by atoms with Gasteiger partial charge in [-0.1, -0.05) is 55.5 Å². The molecule has 1 N–H and O–H groups in total. The van der Waals surface area contributed by atoms with E-state index in [1.54, 1.807) is 11.1 Å². The van der Waals surface area contributed by atoms with Crippen LogP contribution in [0.4, 0.5) is 0 Å². The minimum atomic E-state index is 0.440. The monoisotopic (exact) mass is 279 g/mol. The van der Waals surface area contributed by atoms with Gasteiger partial charge in [-0.05, 0) is 55.0 Å². The zero-order valence-electron chi connectivity index (χ0n) is 13.1. The Kier molecular flexibility index (Phi) is 4.40. The average molecular weight is 279 g/mol. The van der Waals surface area contributed by atoms with Gasteiger partial charge >= 0.3 is 0 Å². The first-order chi connectivity index (χ1) is 10.3. The fourth-order valence-electron chi connectivity index (χ4n) is 3.64. The van der Waals surface area contributed by atoms with Gasteiger partial charge in [0.2, 0.25) is 0 Å². The summed E-state index contributed by atoms with van der Waals surface area (Å²) in [6.07, 6.45) is 3.66. The molecule has 1 aliphatic rings. The summed E-state index contributed by atoms with van der Waals surface area (Å²) in [7, 11) is 0. The SMILES string of the molecule is CCCNC(c1ccccc1C)C1CCc2ccccc21. The maximum Gasteiger partial charge on any atom is 0.0392 e. The van der Waals surface area contributed by atoms with Crippen molar-refractivity contribution in [1.82, 2.24) is 5.32 Å². The van der Waals surface area contributed by atoms with Crippen LogP contribution >= 0.6 is 0 Å². The fourth-order valence-corrected chi connectivity index (χ4v) is 3.64. The van der Waals surface area contributed by atoms with E-state index in [2.05, 4.69) is 67.7 Å². The number of benzene rings is 2. The summed E-state index contributed by atoms with van der Waals surface area (Å²) in [5.74, 6) is 0.605. The van der Waals surface area contributed by atoms with Crippen LogP contribution in [0.2, 0.25) is 0 Å². The molecular formula is C20H25N. The van der Waals surface area contributed by atoms with E-state index < -0.39 is 0 Å². The third-order valence-corrected chi connectivity index (χ3v) is 4.72. The molecule has 110 valence electrons. The lowest BCUT2D eigenvalue weighted by Gasteiger charge is -2.27. The third-order valence-electron chi connectivity index (χ3n) is 4.72. The van der Waals surface area contributed by atoms with Gasteiger partial charge in [0.25, 0.3) is 0 Å². The van der Waals surface area contributed by atoms with E-state index >= 15 is 0 Å². The van der Waals surface area contributed by atoms with Crippen LogP contribution in [0.3, 0.4) is 0 Å². The summed E-state index contributed by atoms with van der Waals surface area (Å²) >= 11 is 0. The molecule has 0 saturated carbocycles. The van der Waals surface area contributed by atoms with E-state index in [0.29, 0.717) is 12.0 Å². The van der Waals surface area contributed by atoms with E-state index in [1.807, 2.05) is 0 Å². The van der Waals surface area contributed by atoms with Gasteiger partial charge in [0.05, 0.1) is 0 Å². The molecule has 2 aromatic carbocycles. The molecule has 0 aliphatic heterocycles. The second kappa shape index (κ2) is 6.44. The van der Waals surface area contributed by atoms with Crippen LogP contribution in [-0.2, 0) is 6.42 Å². The summed E-state index contributed by atoms with van der Waals surface area (Å²) in [5, 5.41) is 3.81. The molecule has 1 heteroatoms. The zero-order chi connectivity index (χ0) is 14.7. The summed E-state index contributed by atoms with van der Waals surface area (Å²) in [6.45, 7) is 5.55. The van der Waals surface area contributed by atoms with Crippen molar-refractivity contribution in [1.29, 1.82) is 0 Å². The number of rotatable bonds is 5. The molecule has 2 aromatic rings. The van der Waals surface area contributed by atoms with Crippen molar-refractivity contribution in [3.8, 4) is 0 Å². The average Bonchev–Trinajstić information content (AvgIpc) is 2.93. The van der Waals surface area contributed by atoms with E-state index in [0.717, 1.165) is 6.54 Å². The first-order valence-electron chi connectivity index (χ1n) is 8.18. The van der Waals surface area contributed by atoms with Crippen LogP contribution in [0.5, 0.6) is 0 Å². The van der Waals surface area contributed by atoms with Crippen molar-refractivity contribution in [3.63, 3.8) is 0 Å². The number of hydrogen-bond donors (Lipinski definition) is 1. The van der Waals surface area contributed by atoms with Gasteiger partial charge in [-0.25, -0.2) is 0 Å². The molecule has 0 aromatic heterocycles. The van der Waals surface area contributed by atoms with Gasteiger partial charge in [0.15, 0.2) is 0 Å². The van der Waals surface area contributed by atoms with Gasteiger partial charge in [0.1, 0.15) is 0 Å². The van der Waals surface area contributed by atoms with Crippen molar-refractivity contribution in [2.75, 3.05) is 6.54 Å². The van der Waals surface area contributed by atoms with Crippen molar-refractivity contribution in [3.05, 3.63) is 70.8 Å². The van der Waals surface area contributed by atoms with Gasteiger partial charge in [0, 0.05) is 12.0 Å². The van der Waals surface area contributed by atoms with Gasteiger partial charge in [-0.3, -0.25) is 0 Å². The van der Waals surface area contributed by atoms with Gasteiger partial charge < -0.3 is 5.32 Å². The second-order valence-electron chi connectivity index (χ2n) is 6.13. The first kappa shape index (κ1) is 14.3. The highest BCUT2D eigenvalue weighted by molar-refractivity contribution is 5.40. The van der Waals surface area contributed by atoms with Crippen molar-refractivity contribution >= 4 is 0 Å². The topological polar surface area (TPSA) is 12.0 Å². The molecule has 0 bridgehead atoms. The van der Waals surface area contributed by atoms with E-state index in [4.69, 9.17) is 0 Å². The summed E-state index contributed by atoms with van der Waals surface area (Å²) in [6, 6.07) is 18.3. The minimum absolute atomic E-state index is 0.440. The van der Waals surface area contributed by atoms with Crippen LogP contribution in [-0.4, -0.2) is 6.54 Å². The lowest BCUT2D eigenvalue weighted by Crippen LogP contribution is -2.27. The maximum atomic E-state index is 3.81. The number of fused-ring (bicyclic) bond motifs is 1. The van der Waals surface area contributed by atoms with E-state index in [9.17, 15) is 0 Å². The molecule has 0 saturated heterocycles. The van der Waals surface area contributed by atoms with Crippen LogP contribution in [0, 0.1) is 6.92 Å². The highest BCUT2D eigenvalue weighted by Gasteiger charge is 2.30. The predicted molar refractivity (Wildman–Crippen MR) is 89.7 cm³/mol. The quantitative estimate of drug-likeness (QED) is 0.831. The third kappa shape index (κ3) is 2.89. The minimum Gasteiger partial charge on any atom is -0.309 e. The molecule has 2 atom stereocenters. The molecule has 0 fully saturated rings. The molecule has 0 amide bonds. The maximum absolute atomic E-state index is 3.81. The molecule has 1 nitrogen and oxygen atoms in total. The van der Waals surface area contributed by atoms with Crippen molar-refractivity contribution < 1.29 is 0 Å². The second-order valence-corrected chi connectivity index (χ2v) is 6.13. The Morgan fingerprint density at radius 1 is 1.10 bits per heavy atom. The standard InChI is InChI=1S/C20H25N/c1-3-14-21-20(17-10-6-4-8-15(17)2)19-13-12-16-9-5-7-11-18(16)19/h4-11,19-21H,3,12-14H2,1-2H3. The Morgan fingerprint density at radius 2 is 1.86 bits per heavy atom. The Balaban J connectivity index is 1.96. The Labute approximate surface area is 128 Å². The number of aryl methyl sites for hydroxylation is 2. The smallest absolute Gasteiger partial charge is 0.0392 e. The van der Waals surface area contributed by atoms with E-state index in [1.165, 1.54) is 30.4 Å². The number of hydrogen-bond acceptors (Lipinski definition) is 1. The largest absolute Gasteiger partial charge is 0.309 e. The van der Waals surface area contributed by atoms with Crippen LogP contribution in [0.1, 0.15) is 54.0 Å². The predicted octanol–water partition coefficient (Wildman–Crippen LogP) is 4.77. The van der Waals surface area contributed by atoms with Crippen LogP contribution in [0.15, 0.2) is 48.5 Å². The lowest BCUT2D eigenvalue weighted by atomic mass is 9.86. The van der Waals surface area contributed by atoms with E-state index in [-0.39, 0.29) is 0 Å². The lowest BCUT2D eigenvalue weighted by molar-refractivity contribution is 0.441. The molecule has 2 unspecified atom stereocenters. The van der Waals surface area contributed by atoms with Gasteiger partial charge in [-0.2, -0.15) is 0 Å². The molecule has 21 heavy (non-hydrogen) atoms. The Hall–Kier alpha value is -1.60. The number of nitrogens with one attached hydrogen (secondary N) is 1. The Morgan fingerprint density at radius 3 is 2.67 bits per heavy atom. The highest BCUT2D eigenvalue weighted by Crippen LogP contribution is 2.42. The summed E-state index contributed by atoms with van der Waals surface area (Å²) in [5.41, 5.74) is 5.96. The Bertz CT molecular complexity index is 602. The summed E-state index contributed by atoms with van der Waals surface area (Å²) < 4.78 is 0. The molecular weight excluding hydrogens is 254 g/mol. The van der Waals surface area contributed by atoms with Crippen molar-refractivity contribution in [2.24, 2.45) is 0 Å². The van der Waals surface area contributed by atoms with Crippen molar-refractivity contribution in [2.45, 2.75) is 45.1 Å². The van der Waals surface area contributed by atoms with Gasteiger partial charge in [-0.15, -0.1) is 0 Å². The molecule has 0 radical (unpaired) electrons. The zero-order valence-corrected chi connectivity index (χ0v) is 13.1. The summed E-state index contributed by atoms with van der Waals surface area (Å²) in [4.78, 5) is 0. The molecule has 3 rings (SSSR count). The molecule has 0 heterocycles. The molecule has 1 aliphatic carbocycles. The highest BCUT2D eigenvalue weighted by atomic mass is 14.9. The normalized spacial score (nSPS) is 18.5. The fraction of sp³-hybridized carbons (Fsp3) is 0.400. The van der Waals surface area contributed by atoms with Crippen LogP contribution < -0.4 is 5.32 Å². The van der Waals surface area contributed by atoms with Crippen LogP contribution in [0.25, 0.3) is 0 Å².